The number of fused-ring (bicyclic) bond motifs is 1. The highest BCUT2D eigenvalue weighted by Crippen LogP contribution is 2.40. The monoisotopic (exact) mass is 689 g/mol. The number of unbranched alkanes of at least 4 members (excludes halogenated alkanes) is 3. The van der Waals surface area contributed by atoms with Crippen LogP contribution in [0.1, 0.15) is 65.7 Å². The normalized spacial score (nSPS) is 21.0. The molecule has 5 rings (SSSR count). The van der Waals surface area contributed by atoms with Crippen molar-refractivity contribution < 1.29 is 33.8 Å². The maximum Gasteiger partial charge on any atom is 0.408 e. The van der Waals surface area contributed by atoms with Gasteiger partial charge in [-0.25, -0.2) is 14.8 Å². The lowest BCUT2D eigenvalue weighted by Crippen LogP contribution is -2.52. The van der Waals surface area contributed by atoms with Crippen LogP contribution < -0.4 is 10.1 Å². The largest absolute Gasteiger partial charge is 0.487 e. The Kier molecular flexibility index (Phi) is 11.4. The third-order valence-corrected chi connectivity index (χ3v) is 9.40. The molecule has 0 radical (unpaired) electrons. The van der Waals surface area contributed by atoms with Gasteiger partial charge in [-0.2, -0.15) is 0 Å². The highest BCUT2D eigenvalue weighted by molar-refractivity contribution is 7.17. The summed E-state index contributed by atoms with van der Waals surface area (Å²) in [5.41, 5.74) is 1.31. The van der Waals surface area contributed by atoms with Gasteiger partial charge in [-0.3, -0.25) is 19.4 Å². The highest BCUT2D eigenvalue weighted by Gasteiger charge is 2.43. The molecule has 2 fully saturated rings. The lowest BCUT2D eigenvalue weighted by atomic mass is 10.0. The summed E-state index contributed by atoms with van der Waals surface area (Å²) in [6, 6.07) is 7.46. The summed E-state index contributed by atoms with van der Waals surface area (Å²) in [6.07, 6.45) is 8.72. The summed E-state index contributed by atoms with van der Waals surface area (Å²) < 4.78 is 12.8. The number of amides is 3. The fourth-order valence-electron chi connectivity index (χ4n) is 5.98. The zero-order chi connectivity index (χ0) is 35.1. The Balaban J connectivity index is 1.28. The number of aliphatic carboxylic acids is 1. The van der Waals surface area contributed by atoms with Gasteiger partial charge in [-0.05, 0) is 82.7 Å². The number of carbonyl (C=O) groups is 4. The number of thiophene rings is 1. The highest BCUT2D eigenvalue weighted by atomic mass is 32.1. The van der Waals surface area contributed by atoms with E-state index in [1.54, 1.807) is 27.0 Å². The first-order valence-electron chi connectivity index (χ1n) is 16.6. The van der Waals surface area contributed by atoms with Crippen LogP contribution in [-0.4, -0.2) is 80.9 Å². The quantitative estimate of drug-likeness (QED) is 0.117. The molecule has 2 N–H and O–H groups in total. The number of aliphatic imine (C=N–C) groups is 1. The van der Waals surface area contributed by atoms with Crippen molar-refractivity contribution in [2.75, 3.05) is 6.54 Å². The molecule has 1 saturated carbocycles. The minimum Gasteiger partial charge on any atom is -0.487 e. The first-order chi connectivity index (χ1) is 23.4. The molecule has 2 unspecified atom stereocenters. The Labute approximate surface area is 289 Å². The van der Waals surface area contributed by atoms with Gasteiger partial charge in [0.15, 0.2) is 0 Å². The third-order valence-electron chi connectivity index (χ3n) is 8.48. The number of rotatable bonds is 14. The van der Waals surface area contributed by atoms with Crippen LogP contribution in [0.15, 0.2) is 59.1 Å². The molecule has 1 aliphatic heterocycles. The predicted molar refractivity (Wildman–Crippen MR) is 187 cm³/mol. The Hall–Kier alpha value is -4.65. The van der Waals surface area contributed by atoms with Crippen molar-refractivity contribution in [3.05, 3.63) is 54.1 Å². The summed E-state index contributed by atoms with van der Waals surface area (Å²) in [7, 11) is 0. The second-order valence-electron chi connectivity index (χ2n) is 13.4. The molecular weight excluding hydrogens is 646 g/mol. The van der Waals surface area contributed by atoms with E-state index in [1.807, 2.05) is 47.9 Å². The molecule has 12 nitrogen and oxygen atoms in total. The average molecular weight is 690 g/mol. The van der Waals surface area contributed by atoms with Crippen molar-refractivity contribution in [2.24, 2.45) is 16.8 Å². The number of aromatic nitrogens is 2. The molecule has 1 aliphatic carbocycles. The Morgan fingerprint density at radius 2 is 1.98 bits per heavy atom. The summed E-state index contributed by atoms with van der Waals surface area (Å²) >= 11 is 1.48. The summed E-state index contributed by atoms with van der Waals surface area (Å²) in [6.45, 7) is 8.75. The topological polar surface area (TPSA) is 160 Å². The molecule has 260 valence electrons. The molecule has 0 aromatic carbocycles. The molecule has 5 atom stereocenters. The van der Waals surface area contributed by atoms with Crippen molar-refractivity contribution in [2.45, 2.75) is 89.5 Å². The minimum absolute atomic E-state index is 0.106. The number of allylic oxidation sites excluding steroid dienone is 2. The van der Waals surface area contributed by atoms with Crippen LogP contribution in [0.4, 0.5) is 4.79 Å². The van der Waals surface area contributed by atoms with E-state index in [-0.39, 0.29) is 24.8 Å². The van der Waals surface area contributed by atoms with Gasteiger partial charge in [0.25, 0.3) is 5.91 Å². The number of nitrogens with one attached hydrogen (secondary N) is 1. The van der Waals surface area contributed by atoms with Crippen LogP contribution >= 0.6 is 11.3 Å². The minimum atomic E-state index is -0.937. The Bertz CT molecular complexity index is 1700. The number of carboxylic acids is 1. The molecule has 1 saturated heterocycles. The van der Waals surface area contributed by atoms with Crippen molar-refractivity contribution in [3.8, 4) is 17.1 Å². The Morgan fingerprint density at radius 1 is 1.16 bits per heavy atom. The molecular formula is C36H43N5O7S. The number of alkyl carbamates (subject to hydrolysis) is 1. The summed E-state index contributed by atoms with van der Waals surface area (Å²) in [5.74, 6) is -1.29. The third kappa shape index (κ3) is 9.50. The van der Waals surface area contributed by atoms with E-state index >= 15 is 0 Å². The van der Waals surface area contributed by atoms with Gasteiger partial charge in [-0.1, -0.05) is 31.1 Å². The first kappa shape index (κ1) is 35.7. The van der Waals surface area contributed by atoms with Gasteiger partial charge in [0.2, 0.25) is 5.91 Å². The lowest BCUT2D eigenvalue weighted by Gasteiger charge is -2.28. The molecule has 2 aliphatic rings. The number of ether oxygens (including phenoxy) is 2. The van der Waals surface area contributed by atoms with E-state index in [2.05, 4.69) is 22.0 Å². The number of carbonyl (C=O) groups excluding carboxylic acids is 3. The first-order valence-corrected chi connectivity index (χ1v) is 17.5. The molecule has 3 amide bonds. The maximum atomic E-state index is 14.1. The number of hydrogen-bond donors (Lipinski definition) is 2. The number of pyridine rings is 2. The standard InChI is InChI=1S/C36H43N5O7S/c1-36(2,3)48-35(46)40-27(14-9-7-5-6-8-12-22-18-24(22)34(44)45)33(43)41-21-23(19-29(41)32(42)37-4)47-30-20-28(25-13-10-11-16-38-25)39-26-15-17-49-31(26)30/h8,10-13,15-17,20,22-24,27,29H,4-7,9,14,18-19,21H2,1-3H3,(H,40,46)(H,44,45)/b12-8-/t22-,23?,24+,27?,29+/m1/s1. The van der Waals surface area contributed by atoms with Crippen molar-refractivity contribution in [3.63, 3.8) is 0 Å². The molecule has 13 heteroatoms. The van der Waals surface area contributed by atoms with Crippen molar-refractivity contribution in [1.29, 1.82) is 0 Å². The van der Waals surface area contributed by atoms with Crippen LogP contribution in [0.3, 0.4) is 0 Å². The van der Waals surface area contributed by atoms with Gasteiger partial charge >= 0.3 is 12.1 Å². The number of nitrogens with zero attached hydrogens (tertiary/aromatic N) is 4. The molecule has 4 heterocycles. The SMILES string of the molecule is C=NC(=O)[C@@H]1CC(Oc2cc(-c3ccccn3)nc3ccsc23)CN1C(=O)C(CCCCC/C=C\[C@@H]1C[C@@H]1C(=O)O)NC(=O)OC(C)(C)C. The van der Waals surface area contributed by atoms with Crippen molar-refractivity contribution in [1.82, 2.24) is 20.2 Å². The number of hydrogen-bond acceptors (Lipinski definition) is 9. The molecule has 3 aromatic heterocycles. The van der Waals surface area contributed by atoms with Gasteiger partial charge in [-0.15, -0.1) is 11.3 Å². The summed E-state index contributed by atoms with van der Waals surface area (Å²) in [5, 5.41) is 13.7. The predicted octanol–water partition coefficient (Wildman–Crippen LogP) is 6.05. The van der Waals surface area contributed by atoms with Crippen LogP contribution in [0.5, 0.6) is 5.75 Å². The summed E-state index contributed by atoms with van der Waals surface area (Å²) in [4.78, 5) is 65.3. The van der Waals surface area contributed by atoms with Crippen molar-refractivity contribution >= 4 is 52.1 Å². The zero-order valence-electron chi connectivity index (χ0n) is 28.0. The van der Waals surface area contributed by atoms with E-state index in [0.29, 0.717) is 36.4 Å². The number of likely N-dealkylation sites (tertiary alicyclic amines) is 1. The van der Waals surface area contributed by atoms with Gasteiger partial charge in [0.05, 0.1) is 34.1 Å². The van der Waals surface area contributed by atoms with E-state index < -0.39 is 47.7 Å². The second kappa shape index (κ2) is 15.7. The number of carboxylic acid groups (broad SMARTS) is 1. The van der Waals surface area contributed by atoms with E-state index in [1.165, 1.54) is 16.2 Å². The van der Waals surface area contributed by atoms with Gasteiger partial charge in [0.1, 0.15) is 29.5 Å². The van der Waals surface area contributed by atoms with Crippen LogP contribution in [-0.2, 0) is 19.1 Å². The molecule has 49 heavy (non-hydrogen) atoms. The van der Waals surface area contributed by atoms with Crippen LogP contribution in [0, 0.1) is 11.8 Å². The van der Waals surface area contributed by atoms with Crippen LogP contribution in [0.25, 0.3) is 21.6 Å². The van der Waals surface area contributed by atoms with E-state index in [0.717, 1.165) is 29.5 Å². The van der Waals surface area contributed by atoms with E-state index in [4.69, 9.17) is 19.6 Å². The second-order valence-corrected chi connectivity index (χ2v) is 14.4. The molecule has 0 bridgehead atoms. The fourth-order valence-corrected chi connectivity index (χ4v) is 6.77. The van der Waals surface area contributed by atoms with Gasteiger partial charge in [0, 0.05) is 18.7 Å². The fraction of sp³-hybridized carbons (Fsp3) is 0.472. The molecule has 0 spiro atoms. The Morgan fingerprint density at radius 3 is 2.67 bits per heavy atom. The smallest absolute Gasteiger partial charge is 0.408 e. The maximum absolute atomic E-state index is 14.1. The van der Waals surface area contributed by atoms with E-state index in [9.17, 15) is 19.2 Å². The lowest BCUT2D eigenvalue weighted by molar-refractivity contribution is -0.139. The average Bonchev–Trinajstić information content (AvgIpc) is 3.47. The zero-order valence-corrected chi connectivity index (χ0v) is 28.9. The van der Waals surface area contributed by atoms with Crippen LogP contribution in [0.2, 0.25) is 0 Å². The molecule has 3 aromatic rings. The van der Waals surface area contributed by atoms with Gasteiger partial charge < -0.3 is 24.8 Å².